The molecular formula is C53H35N5. The molecule has 0 spiro atoms. The van der Waals surface area contributed by atoms with Crippen LogP contribution in [0.1, 0.15) is 0 Å². The Labute approximate surface area is 335 Å². The van der Waals surface area contributed by atoms with E-state index >= 15 is 0 Å². The second kappa shape index (κ2) is 14.0. The van der Waals surface area contributed by atoms with E-state index in [1.54, 1.807) is 0 Å². The monoisotopic (exact) mass is 741 g/mol. The number of benzene rings is 9. The van der Waals surface area contributed by atoms with E-state index < -0.39 is 0 Å². The average Bonchev–Trinajstić information content (AvgIpc) is 3.63. The summed E-state index contributed by atoms with van der Waals surface area (Å²) in [5.41, 5.74) is 11.1. The molecule has 5 heteroatoms. The lowest BCUT2D eigenvalue weighted by Crippen LogP contribution is -2.13. The Morgan fingerprint density at radius 2 is 1.00 bits per heavy atom. The Bertz CT molecular complexity index is 3270. The van der Waals surface area contributed by atoms with Crippen LogP contribution in [0.25, 0.3) is 82.7 Å². The van der Waals surface area contributed by atoms with Crippen molar-refractivity contribution in [2.24, 2.45) is 0 Å². The molecule has 0 bridgehead atoms. The molecule has 0 atom stereocenters. The maximum absolute atomic E-state index is 4.77. The van der Waals surface area contributed by atoms with E-state index in [1.807, 2.05) is 36.5 Å². The van der Waals surface area contributed by atoms with E-state index in [1.165, 1.54) is 43.8 Å². The molecule has 0 saturated carbocycles. The largest absolute Gasteiger partial charge is 0.309 e. The maximum atomic E-state index is 4.77. The van der Waals surface area contributed by atoms with E-state index in [4.69, 9.17) is 10.1 Å². The van der Waals surface area contributed by atoms with Gasteiger partial charge in [0, 0.05) is 32.8 Å². The molecule has 0 fully saturated rings. The Kier molecular flexibility index (Phi) is 8.07. The van der Waals surface area contributed by atoms with Crippen molar-refractivity contribution in [1.29, 1.82) is 0 Å². The van der Waals surface area contributed by atoms with E-state index in [0.29, 0.717) is 11.6 Å². The topological polar surface area (TPSA) is 46.8 Å². The Hall–Kier alpha value is -7.89. The Morgan fingerprint density at radius 1 is 0.397 bits per heavy atom. The molecule has 0 amide bonds. The lowest BCUT2D eigenvalue weighted by molar-refractivity contribution is 0.962. The highest BCUT2D eigenvalue weighted by Gasteiger charge is 2.20. The van der Waals surface area contributed by atoms with Crippen LogP contribution in [-0.4, -0.2) is 19.7 Å². The lowest BCUT2D eigenvalue weighted by atomic mass is 9.93. The van der Waals surface area contributed by atoms with Crippen molar-refractivity contribution in [3.8, 4) is 39.3 Å². The second-order valence-electron chi connectivity index (χ2n) is 14.5. The first-order valence-electron chi connectivity index (χ1n) is 19.5. The van der Waals surface area contributed by atoms with E-state index in [2.05, 4.69) is 190 Å². The van der Waals surface area contributed by atoms with Crippen LogP contribution < -0.4 is 4.90 Å². The lowest BCUT2D eigenvalue weighted by Gasteiger charge is -2.25. The number of rotatable bonds is 7. The molecule has 2 aromatic heterocycles. The van der Waals surface area contributed by atoms with Gasteiger partial charge in [-0.25, -0.2) is 4.98 Å². The summed E-state index contributed by atoms with van der Waals surface area (Å²) in [5, 5.41) is 16.5. The van der Waals surface area contributed by atoms with E-state index in [9.17, 15) is 0 Å². The van der Waals surface area contributed by atoms with Crippen molar-refractivity contribution in [2.45, 2.75) is 0 Å². The Morgan fingerprint density at radius 3 is 1.78 bits per heavy atom. The molecule has 272 valence electrons. The molecule has 0 aliphatic carbocycles. The third-order valence-electron chi connectivity index (χ3n) is 11.2. The predicted molar refractivity (Wildman–Crippen MR) is 240 cm³/mol. The van der Waals surface area contributed by atoms with Crippen LogP contribution in [0, 0.1) is 0 Å². The molecular weight excluding hydrogens is 707 g/mol. The van der Waals surface area contributed by atoms with Crippen molar-refractivity contribution < 1.29 is 0 Å². The molecule has 0 unspecified atom stereocenters. The summed E-state index contributed by atoms with van der Waals surface area (Å²) in [6, 6.07) is 73.0. The van der Waals surface area contributed by atoms with Gasteiger partial charge in [-0.05, 0) is 69.4 Å². The van der Waals surface area contributed by atoms with Crippen molar-refractivity contribution in [3.05, 3.63) is 212 Å². The van der Waals surface area contributed by atoms with Crippen LogP contribution >= 0.6 is 0 Å². The normalized spacial score (nSPS) is 11.4. The molecule has 9 aromatic carbocycles. The average molecular weight is 742 g/mol. The van der Waals surface area contributed by atoms with Crippen LogP contribution in [0.3, 0.4) is 0 Å². The van der Waals surface area contributed by atoms with Crippen molar-refractivity contribution >= 4 is 60.5 Å². The summed E-state index contributed by atoms with van der Waals surface area (Å²) in [4.78, 5) is 6.92. The summed E-state index contributed by atoms with van der Waals surface area (Å²) < 4.78 is 2.43. The fraction of sp³-hybridized carbons (Fsp3) is 0. The summed E-state index contributed by atoms with van der Waals surface area (Å²) in [7, 11) is 0. The fourth-order valence-electron chi connectivity index (χ4n) is 8.47. The van der Waals surface area contributed by atoms with Gasteiger partial charge in [0.15, 0.2) is 11.6 Å². The molecule has 11 rings (SSSR count). The van der Waals surface area contributed by atoms with Crippen molar-refractivity contribution in [3.63, 3.8) is 0 Å². The minimum Gasteiger partial charge on any atom is -0.309 e. The fourth-order valence-corrected chi connectivity index (χ4v) is 8.47. The zero-order valence-electron chi connectivity index (χ0n) is 31.4. The quantitative estimate of drug-likeness (QED) is 0.163. The van der Waals surface area contributed by atoms with Gasteiger partial charge in [-0.15, -0.1) is 10.2 Å². The van der Waals surface area contributed by atoms with E-state index in [0.717, 1.165) is 44.4 Å². The zero-order chi connectivity index (χ0) is 38.4. The standard InChI is InChI=1S/C53H35N5/c1-2-16-39(17-3-1)53-54-35-52(55-56-53)57(48-26-12-18-36-14-4-6-22-44(36)48)41-31-28-38(29-32-41)42-20-8-9-21-43(42)40-30-33-47-46-24-10-11-25-50(46)58(51(47)34-40)49-27-13-19-37-15-5-7-23-45(37)49/h1-35H. The number of fused-ring (bicyclic) bond motifs is 5. The van der Waals surface area contributed by atoms with Crippen LogP contribution in [0.15, 0.2) is 212 Å². The van der Waals surface area contributed by atoms with Gasteiger partial charge in [0.2, 0.25) is 0 Å². The number of hydrogen-bond acceptors (Lipinski definition) is 4. The maximum Gasteiger partial charge on any atom is 0.181 e. The molecule has 2 heterocycles. The molecule has 0 N–H and O–H groups in total. The van der Waals surface area contributed by atoms with Crippen LogP contribution in [-0.2, 0) is 0 Å². The van der Waals surface area contributed by atoms with E-state index in [-0.39, 0.29) is 0 Å². The summed E-state index contributed by atoms with van der Waals surface area (Å²) in [6.45, 7) is 0. The molecule has 58 heavy (non-hydrogen) atoms. The third kappa shape index (κ3) is 5.68. The summed E-state index contributed by atoms with van der Waals surface area (Å²) in [6.07, 6.45) is 1.81. The first kappa shape index (κ1) is 33.4. The van der Waals surface area contributed by atoms with Crippen LogP contribution in [0.4, 0.5) is 17.2 Å². The van der Waals surface area contributed by atoms with Gasteiger partial charge in [-0.1, -0.05) is 170 Å². The first-order chi connectivity index (χ1) is 28.8. The van der Waals surface area contributed by atoms with Gasteiger partial charge in [-0.3, -0.25) is 4.90 Å². The molecule has 0 saturated heterocycles. The smallest absolute Gasteiger partial charge is 0.181 e. The van der Waals surface area contributed by atoms with Crippen LogP contribution in [0.2, 0.25) is 0 Å². The molecule has 0 radical (unpaired) electrons. The molecule has 11 aromatic rings. The minimum atomic E-state index is 0.588. The summed E-state index contributed by atoms with van der Waals surface area (Å²) >= 11 is 0. The van der Waals surface area contributed by atoms with Gasteiger partial charge in [0.05, 0.1) is 28.6 Å². The highest BCUT2D eigenvalue weighted by atomic mass is 15.3. The van der Waals surface area contributed by atoms with Gasteiger partial charge in [0.25, 0.3) is 0 Å². The summed E-state index contributed by atoms with van der Waals surface area (Å²) in [5.74, 6) is 1.23. The zero-order valence-corrected chi connectivity index (χ0v) is 31.4. The third-order valence-corrected chi connectivity index (χ3v) is 11.2. The molecule has 0 aliphatic rings. The second-order valence-corrected chi connectivity index (χ2v) is 14.5. The highest BCUT2D eigenvalue weighted by molar-refractivity contribution is 6.12. The Balaban J connectivity index is 1.02. The SMILES string of the molecule is c1ccc(-c2ncc(N(c3ccc(-c4ccccc4-c4ccc5c6ccccc6n(-c6cccc7ccccc67)c5c4)cc3)c3cccc4ccccc34)nn2)cc1. The number of hydrogen-bond donors (Lipinski definition) is 0. The molecule has 5 nitrogen and oxygen atoms in total. The van der Waals surface area contributed by atoms with Gasteiger partial charge in [0.1, 0.15) is 0 Å². The number of nitrogens with zero attached hydrogens (tertiary/aromatic N) is 5. The van der Waals surface area contributed by atoms with Crippen molar-refractivity contribution in [1.82, 2.24) is 19.7 Å². The van der Waals surface area contributed by atoms with Gasteiger partial charge >= 0.3 is 0 Å². The van der Waals surface area contributed by atoms with Gasteiger partial charge in [-0.2, -0.15) is 0 Å². The number of aromatic nitrogens is 4. The van der Waals surface area contributed by atoms with Gasteiger partial charge < -0.3 is 4.57 Å². The first-order valence-corrected chi connectivity index (χ1v) is 19.5. The number of para-hydroxylation sites is 1. The highest BCUT2D eigenvalue weighted by Crippen LogP contribution is 2.41. The molecule has 0 aliphatic heterocycles. The minimum absolute atomic E-state index is 0.588. The number of anilines is 3. The van der Waals surface area contributed by atoms with Crippen LogP contribution in [0.5, 0.6) is 0 Å². The predicted octanol–water partition coefficient (Wildman–Crippen LogP) is 13.7. The van der Waals surface area contributed by atoms with Crippen molar-refractivity contribution in [2.75, 3.05) is 4.90 Å².